The number of pyridine rings is 1. The van der Waals surface area contributed by atoms with Gasteiger partial charge in [0.25, 0.3) is 0 Å². The van der Waals surface area contributed by atoms with E-state index in [-0.39, 0.29) is 29.8 Å². The van der Waals surface area contributed by atoms with Crippen LogP contribution in [0.2, 0.25) is 0 Å². The number of nitrogens with one attached hydrogen (secondary N) is 3. The summed E-state index contributed by atoms with van der Waals surface area (Å²) in [4.78, 5) is 7.93. The third kappa shape index (κ3) is 7.25. The molecule has 1 fully saturated rings. The largest absolute Gasteiger partial charge is 0.419 e. The quantitative estimate of drug-likeness (QED) is 0.266. The molecule has 2 rings (SSSR count). The second kappa shape index (κ2) is 10.7. The summed E-state index contributed by atoms with van der Waals surface area (Å²) < 4.78 is 38.6. The second-order valence-corrected chi connectivity index (χ2v) is 5.80. The predicted molar refractivity (Wildman–Crippen MR) is 105 cm³/mol. The first kappa shape index (κ1) is 21.8. The van der Waals surface area contributed by atoms with Gasteiger partial charge in [-0.3, -0.25) is 4.99 Å². The van der Waals surface area contributed by atoms with Gasteiger partial charge in [0.05, 0.1) is 5.56 Å². The molecule has 0 unspecified atom stereocenters. The van der Waals surface area contributed by atoms with E-state index >= 15 is 0 Å². The van der Waals surface area contributed by atoms with Gasteiger partial charge in [-0.2, -0.15) is 13.2 Å². The Morgan fingerprint density at radius 1 is 1.24 bits per heavy atom. The van der Waals surface area contributed by atoms with E-state index in [9.17, 15) is 13.2 Å². The first-order chi connectivity index (χ1) is 11.5. The topological polar surface area (TPSA) is 61.3 Å². The Bertz CT molecular complexity index is 545. The third-order valence-corrected chi connectivity index (χ3v) is 3.99. The van der Waals surface area contributed by atoms with Gasteiger partial charge in [-0.05, 0) is 25.0 Å². The van der Waals surface area contributed by atoms with Crippen molar-refractivity contribution < 1.29 is 13.2 Å². The average Bonchev–Trinajstić information content (AvgIpc) is 2.58. The lowest BCUT2D eigenvalue weighted by Gasteiger charge is -2.25. The van der Waals surface area contributed by atoms with Gasteiger partial charge in [0.15, 0.2) is 5.96 Å². The second-order valence-electron chi connectivity index (χ2n) is 5.80. The molecule has 0 bridgehead atoms. The molecule has 5 nitrogen and oxygen atoms in total. The minimum atomic E-state index is -4.41. The number of aromatic nitrogens is 1. The molecule has 0 saturated heterocycles. The maximum absolute atomic E-state index is 12.9. The van der Waals surface area contributed by atoms with E-state index in [1.54, 1.807) is 7.05 Å². The molecule has 25 heavy (non-hydrogen) atoms. The van der Waals surface area contributed by atoms with Crippen molar-refractivity contribution >= 4 is 35.8 Å². The Kier molecular flexibility index (Phi) is 9.30. The Hall–Kier alpha value is -1.26. The van der Waals surface area contributed by atoms with Gasteiger partial charge in [0, 0.05) is 32.4 Å². The lowest BCUT2D eigenvalue weighted by Crippen LogP contribution is -2.45. The van der Waals surface area contributed by atoms with E-state index in [1.165, 1.54) is 31.5 Å². The van der Waals surface area contributed by atoms with Crippen molar-refractivity contribution in [2.45, 2.75) is 44.3 Å². The van der Waals surface area contributed by atoms with Crippen LogP contribution in [0.3, 0.4) is 0 Å². The maximum Gasteiger partial charge on any atom is 0.419 e. The van der Waals surface area contributed by atoms with E-state index in [4.69, 9.17) is 0 Å². The smallest absolute Gasteiger partial charge is 0.368 e. The van der Waals surface area contributed by atoms with E-state index < -0.39 is 11.7 Å². The first-order valence-electron chi connectivity index (χ1n) is 8.24. The highest BCUT2D eigenvalue weighted by molar-refractivity contribution is 14.0. The van der Waals surface area contributed by atoms with Crippen molar-refractivity contribution in [3.05, 3.63) is 23.9 Å². The van der Waals surface area contributed by atoms with Gasteiger partial charge in [0.1, 0.15) is 5.82 Å². The molecule has 1 aliphatic carbocycles. The Morgan fingerprint density at radius 3 is 2.60 bits per heavy atom. The zero-order valence-corrected chi connectivity index (χ0v) is 16.5. The molecule has 9 heteroatoms. The van der Waals surface area contributed by atoms with E-state index in [0.717, 1.165) is 18.9 Å². The molecule has 0 radical (unpaired) electrons. The zero-order valence-electron chi connectivity index (χ0n) is 14.2. The molecule has 0 atom stereocenters. The van der Waals surface area contributed by atoms with Crippen molar-refractivity contribution in [2.24, 2.45) is 4.99 Å². The molecule has 142 valence electrons. The number of hydrogen-bond acceptors (Lipinski definition) is 3. The summed E-state index contributed by atoms with van der Waals surface area (Å²) in [6.07, 6.45) is 2.90. The summed E-state index contributed by atoms with van der Waals surface area (Å²) in [7, 11) is 1.69. The van der Waals surface area contributed by atoms with Crippen LogP contribution in [0.4, 0.5) is 19.0 Å². The minimum Gasteiger partial charge on any atom is -0.368 e. The summed E-state index contributed by atoms with van der Waals surface area (Å²) in [5.41, 5.74) is -0.755. The van der Waals surface area contributed by atoms with E-state index in [2.05, 4.69) is 25.9 Å². The molecule has 1 aromatic heterocycles. The lowest BCUT2D eigenvalue weighted by atomic mass is 9.96. The number of halogens is 4. The highest BCUT2D eigenvalue weighted by Gasteiger charge is 2.33. The third-order valence-electron chi connectivity index (χ3n) is 3.99. The molecular weight excluding hydrogens is 446 g/mol. The predicted octanol–water partition coefficient (Wildman–Crippen LogP) is 3.63. The van der Waals surface area contributed by atoms with Crippen molar-refractivity contribution in [3.8, 4) is 0 Å². The number of nitrogens with zero attached hydrogens (tertiary/aromatic N) is 2. The summed E-state index contributed by atoms with van der Waals surface area (Å²) in [5.74, 6) is 0.530. The van der Waals surface area contributed by atoms with E-state index in [1.807, 2.05) is 0 Å². The van der Waals surface area contributed by atoms with Gasteiger partial charge in [-0.15, -0.1) is 24.0 Å². The molecule has 0 aromatic carbocycles. The van der Waals surface area contributed by atoms with Crippen LogP contribution in [0.5, 0.6) is 0 Å². The fourth-order valence-corrected chi connectivity index (χ4v) is 2.77. The van der Waals surface area contributed by atoms with Gasteiger partial charge >= 0.3 is 6.18 Å². The van der Waals surface area contributed by atoms with Crippen molar-refractivity contribution in [3.63, 3.8) is 0 Å². The van der Waals surface area contributed by atoms with Crippen LogP contribution in [-0.4, -0.2) is 37.1 Å². The van der Waals surface area contributed by atoms with Crippen LogP contribution in [0, 0.1) is 0 Å². The fraction of sp³-hybridized carbons (Fsp3) is 0.625. The van der Waals surface area contributed by atoms with Crippen LogP contribution in [0.1, 0.15) is 37.7 Å². The van der Waals surface area contributed by atoms with Crippen LogP contribution in [0.25, 0.3) is 0 Å². The summed E-state index contributed by atoms with van der Waals surface area (Å²) in [6, 6.07) is 2.72. The standard InChI is InChI=1S/C16H24F3N5.HI/c1-20-15(24-12-6-3-2-4-7-12)23-11-10-22-14-13(16(17,18)19)8-5-9-21-14;/h5,8-9,12H,2-4,6-7,10-11H2,1H3,(H,21,22)(H2,20,23,24);1H. The monoisotopic (exact) mass is 471 g/mol. The highest BCUT2D eigenvalue weighted by atomic mass is 127. The summed E-state index contributed by atoms with van der Waals surface area (Å²) in [6.45, 7) is 0.756. The van der Waals surface area contributed by atoms with Crippen molar-refractivity contribution in [1.29, 1.82) is 0 Å². The molecule has 0 amide bonds. The number of anilines is 1. The molecular formula is C16H25F3IN5. The molecule has 1 saturated carbocycles. The Morgan fingerprint density at radius 2 is 1.96 bits per heavy atom. The Labute approximate surface area is 163 Å². The normalized spacial score (nSPS) is 16.1. The van der Waals surface area contributed by atoms with Crippen LogP contribution in [-0.2, 0) is 6.18 Å². The molecule has 0 spiro atoms. The molecule has 0 aliphatic heterocycles. The SMILES string of the molecule is CN=C(NCCNc1ncccc1C(F)(F)F)NC1CCCCC1.I. The number of guanidine groups is 1. The van der Waals surface area contributed by atoms with Gasteiger partial charge in [-0.25, -0.2) is 4.98 Å². The molecule has 1 aliphatic rings. The summed E-state index contributed by atoms with van der Waals surface area (Å²) in [5, 5.41) is 9.19. The molecule has 3 N–H and O–H groups in total. The number of aliphatic imine (C=N–C) groups is 1. The van der Waals surface area contributed by atoms with Gasteiger partial charge < -0.3 is 16.0 Å². The van der Waals surface area contributed by atoms with Gasteiger partial charge in [0.2, 0.25) is 0 Å². The van der Waals surface area contributed by atoms with Crippen LogP contribution < -0.4 is 16.0 Å². The maximum atomic E-state index is 12.9. The number of rotatable bonds is 5. The number of alkyl halides is 3. The minimum absolute atomic E-state index is 0. The Balaban J connectivity index is 0.00000312. The van der Waals surface area contributed by atoms with Crippen molar-refractivity contribution in [2.75, 3.05) is 25.5 Å². The lowest BCUT2D eigenvalue weighted by molar-refractivity contribution is -0.137. The highest BCUT2D eigenvalue weighted by Crippen LogP contribution is 2.33. The van der Waals surface area contributed by atoms with Crippen LogP contribution in [0.15, 0.2) is 23.3 Å². The molecule has 1 aromatic rings. The van der Waals surface area contributed by atoms with E-state index in [0.29, 0.717) is 25.1 Å². The van der Waals surface area contributed by atoms with Crippen molar-refractivity contribution in [1.82, 2.24) is 15.6 Å². The molecule has 1 heterocycles. The zero-order chi connectivity index (χ0) is 17.4. The fourth-order valence-electron chi connectivity index (χ4n) is 2.77. The average molecular weight is 471 g/mol. The first-order valence-corrected chi connectivity index (χ1v) is 8.24. The summed E-state index contributed by atoms with van der Waals surface area (Å²) >= 11 is 0. The number of hydrogen-bond donors (Lipinski definition) is 3. The van der Waals surface area contributed by atoms with Gasteiger partial charge in [-0.1, -0.05) is 19.3 Å². The van der Waals surface area contributed by atoms with Crippen LogP contribution >= 0.6 is 24.0 Å².